The second-order valence-electron chi connectivity index (χ2n) is 3.73. The Morgan fingerprint density at radius 3 is 2.62 bits per heavy atom. The number of aromatic carboxylic acids is 1. The minimum absolute atomic E-state index is 0.267. The van der Waals surface area contributed by atoms with Crippen LogP contribution in [0.25, 0.3) is 5.69 Å². The van der Waals surface area contributed by atoms with Crippen molar-refractivity contribution in [2.45, 2.75) is 13.8 Å². The van der Waals surface area contributed by atoms with Gasteiger partial charge in [-0.3, -0.25) is 0 Å². The van der Waals surface area contributed by atoms with Gasteiger partial charge in [-0.05, 0) is 32.0 Å². The van der Waals surface area contributed by atoms with Gasteiger partial charge in [0.15, 0.2) is 0 Å². The van der Waals surface area contributed by atoms with Crippen molar-refractivity contribution in [3.05, 3.63) is 47.3 Å². The Balaban J connectivity index is 2.60. The summed E-state index contributed by atoms with van der Waals surface area (Å²) in [6.07, 6.45) is 1.76. The second kappa shape index (κ2) is 3.81. The van der Waals surface area contributed by atoms with E-state index < -0.39 is 5.97 Å². The molecule has 0 aliphatic rings. The normalized spacial score (nSPS) is 10.4. The molecule has 4 nitrogen and oxygen atoms in total. The van der Waals surface area contributed by atoms with Crippen LogP contribution in [0.2, 0.25) is 0 Å². The maximum absolute atomic E-state index is 11.1. The lowest BCUT2D eigenvalue weighted by Crippen LogP contribution is -2.06. The summed E-state index contributed by atoms with van der Waals surface area (Å²) in [4.78, 5) is 11.1. The second-order valence-corrected chi connectivity index (χ2v) is 3.73. The van der Waals surface area contributed by atoms with Gasteiger partial charge in [0.25, 0.3) is 0 Å². The molecule has 82 valence electrons. The summed E-state index contributed by atoms with van der Waals surface area (Å²) >= 11 is 0. The lowest BCUT2D eigenvalue weighted by molar-refractivity contribution is 0.0696. The summed E-state index contributed by atoms with van der Waals surface area (Å²) in [6, 6.07) is 7.13. The predicted octanol–water partition coefficient (Wildman–Crippen LogP) is 2.19. The van der Waals surface area contributed by atoms with E-state index in [2.05, 4.69) is 5.10 Å². The van der Waals surface area contributed by atoms with E-state index in [-0.39, 0.29) is 5.56 Å². The minimum Gasteiger partial charge on any atom is -0.478 e. The Labute approximate surface area is 93.1 Å². The van der Waals surface area contributed by atoms with Crippen LogP contribution in [-0.4, -0.2) is 20.9 Å². The van der Waals surface area contributed by atoms with Gasteiger partial charge < -0.3 is 5.11 Å². The monoisotopic (exact) mass is 216 g/mol. The molecule has 0 spiro atoms. The molecule has 0 aliphatic heterocycles. The number of hydrogen-bond acceptors (Lipinski definition) is 2. The fourth-order valence-corrected chi connectivity index (χ4v) is 1.57. The first-order valence-corrected chi connectivity index (χ1v) is 4.94. The molecule has 0 aliphatic carbocycles. The molecule has 0 saturated carbocycles. The Morgan fingerprint density at radius 1 is 1.31 bits per heavy atom. The number of rotatable bonds is 2. The van der Waals surface area contributed by atoms with E-state index in [1.54, 1.807) is 23.0 Å². The number of aromatic nitrogens is 2. The van der Waals surface area contributed by atoms with Crippen molar-refractivity contribution in [1.82, 2.24) is 9.78 Å². The summed E-state index contributed by atoms with van der Waals surface area (Å²) in [6.45, 7) is 3.73. The van der Waals surface area contributed by atoms with Crippen LogP contribution in [0.5, 0.6) is 0 Å². The summed E-state index contributed by atoms with van der Waals surface area (Å²) in [5.74, 6) is -0.938. The van der Waals surface area contributed by atoms with Crippen LogP contribution >= 0.6 is 0 Å². The number of hydrogen-bond donors (Lipinski definition) is 1. The smallest absolute Gasteiger partial charge is 0.337 e. The van der Waals surface area contributed by atoms with Gasteiger partial charge in [-0.2, -0.15) is 5.10 Å². The summed E-state index contributed by atoms with van der Waals surface area (Å²) in [5.41, 5.74) is 2.64. The van der Waals surface area contributed by atoms with Gasteiger partial charge in [0.2, 0.25) is 0 Å². The SMILES string of the molecule is Cc1ccc(-n2ccc(C)n2)c(C(=O)O)c1. The van der Waals surface area contributed by atoms with Crippen LogP contribution in [-0.2, 0) is 0 Å². The van der Waals surface area contributed by atoms with Crippen molar-refractivity contribution in [2.24, 2.45) is 0 Å². The van der Waals surface area contributed by atoms with Crippen molar-refractivity contribution < 1.29 is 9.90 Å². The zero-order valence-electron chi connectivity index (χ0n) is 9.14. The maximum atomic E-state index is 11.1. The van der Waals surface area contributed by atoms with Gasteiger partial charge in [0.05, 0.1) is 16.9 Å². The lowest BCUT2D eigenvalue weighted by atomic mass is 10.1. The molecule has 0 atom stereocenters. The summed E-state index contributed by atoms with van der Waals surface area (Å²) in [7, 11) is 0. The average molecular weight is 216 g/mol. The molecule has 0 amide bonds. The standard InChI is InChI=1S/C12H12N2O2/c1-8-3-4-11(10(7-8)12(15)16)14-6-5-9(2)13-14/h3-7H,1-2H3,(H,15,16). The zero-order valence-corrected chi connectivity index (χ0v) is 9.14. The van der Waals surface area contributed by atoms with E-state index in [9.17, 15) is 4.79 Å². The van der Waals surface area contributed by atoms with Crippen LogP contribution in [0.3, 0.4) is 0 Å². The molecule has 16 heavy (non-hydrogen) atoms. The molecule has 2 rings (SSSR count). The first-order valence-electron chi connectivity index (χ1n) is 4.94. The Kier molecular flexibility index (Phi) is 2.48. The highest BCUT2D eigenvalue weighted by atomic mass is 16.4. The number of aryl methyl sites for hydroxylation is 2. The van der Waals surface area contributed by atoms with Crippen LogP contribution < -0.4 is 0 Å². The van der Waals surface area contributed by atoms with Crippen molar-refractivity contribution in [2.75, 3.05) is 0 Å². The average Bonchev–Trinajstić information content (AvgIpc) is 2.64. The molecule has 0 fully saturated rings. The third-order valence-corrected chi connectivity index (χ3v) is 2.35. The molecule has 0 saturated heterocycles. The molecule has 1 aromatic heterocycles. The molecular weight excluding hydrogens is 204 g/mol. The molecule has 0 radical (unpaired) electrons. The Bertz CT molecular complexity index is 544. The van der Waals surface area contributed by atoms with Crippen LogP contribution in [0.4, 0.5) is 0 Å². The van der Waals surface area contributed by atoms with Crippen molar-refractivity contribution in [3.63, 3.8) is 0 Å². The maximum Gasteiger partial charge on any atom is 0.337 e. The fraction of sp³-hybridized carbons (Fsp3) is 0.167. The number of nitrogens with zero attached hydrogens (tertiary/aromatic N) is 2. The van der Waals surface area contributed by atoms with E-state index in [4.69, 9.17) is 5.11 Å². The summed E-state index contributed by atoms with van der Waals surface area (Å²) in [5, 5.41) is 13.3. The molecule has 2 aromatic rings. The lowest BCUT2D eigenvalue weighted by Gasteiger charge is -2.06. The zero-order chi connectivity index (χ0) is 11.7. The van der Waals surface area contributed by atoms with Crippen molar-refractivity contribution in [1.29, 1.82) is 0 Å². The van der Waals surface area contributed by atoms with E-state index in [0.29, 0.717) is 5.69 Å². The fourth-order valence-electron chi connectivity index (χ4n) is 1.57. The largest absolute Gasteiger partial charge is 0.478 e. The Hall–Kier alpha value is -2.10. The van der Waals surface area contributed by atoms with Crippen molar-refractivity contribution in [3.8, 4) is 5.69 Å². The van der Waals surface area contributed by atoms with E-state index in [1.165, 1.54) is 0 Å². The molecule has 1 aromatic carbocycles. The summed E-state index contributed by atoms with van der Waals surface area (Å²) < 4.78 is 1.58. The third-order valence-electron chi connectivity index (χ3n) is 2.35. The van der Waals surface area contributed by atoms with Crippen LogP contribution in [0, 0.1) is 13.8 Å². The Morgan fingerprint density at radius 2 is 2.06 bits per heavy atom. The van der Waals surface area contributed by atoms with Gasteiger partial charge in [-0.15, -0.1) is 0 Å². The molecule has 1 heterocycles. The molecule has 1 N–H and O–H groups in total. The van der Waals surface area contributed by atoms with Crippen molar-refractivity contribution >= 4 is 5.97 Å². The topological polar surface area (TPSA) is 55.1 Å². The van der Waals surface area contributed by atoms with Crippen LogP contribution in [0.1, 0.15) is 21.6 Å². The number of carboxylic acids is 1. The van der Waals surface area contributed by atoms with Gasteiger partial charge >= 0.3 is 5.97 Å². The van der Waals surface area contributed by atoms with E-state index in [0.717, 1.165) is 11.3 Å². The molecule has 0 unspecified atom stereocenters. The number of carboxylic acid groups (broad SMARTS) is 1. The van der Waals surface area contributed by atoms with Gasteiger partial charge in [0.1, 0.15) is 0 Å². The number of benzene rings is 1. The number of carbonyl (C=O) groups is 1. The molecule has 0 bridgehead atoms. The van der Waals surface area contributed by atoms with Gasteiger partial charge in [-0.25, -0.2) is 9.48 Å². The van der Waals surface area contributed by atoms with Gasteiger partial charge in [0, 0.05) is 6.20 Å². The first kappa shape index (κ1) is 10.4. The highest BCUT2D eigenvalue weighted by Gasteiger charge is 2.12. The third kappa shape index (κ3) is 1.82. The highest BCUT2D eigenvalue weighted by molar-refractivity contribution is 5.92. The quantitative estimate of drug-likeness (QED) is 0.837. The van der Waals surface area contributed by atoms with Crippen LogP contribution in [0.15, 0.2) is 30.5 Å². The first-order chi connectivity index (χ1) is 7.58. The minimum atomic E-state index is -0.938. The predicted molar refractivity (Wildman–Crippen MR) is 60.0 cm³/mol. The van der Waals surface area contributed by atoms with E-state index in [1.807, 2.05) is 26.0 Å². The highest BCUT2D eigenvalue weighted by Crippen LogP contribution is 2.16. The molecular formula is C12H12N2O2. The van der Waals surface area contributed by atoms with Gasteiger partial charge in [-0.1, -0.05) is 11.6 Å². The van der Waals surface area contributed by atoms with E-state index >= 15 is 0 Å². The molecule has 4 heteroatoms.